The van der Waals surface area contributed by atoms with Gasteiger partial charge in [0.2, 0.25) is 5.91 Å². The lowest BCUT2D eigenvalue weighted by Gasteiger charge is -2.12. The molecular weight excluding hydrogens is 358 g/mol. The van der Waals surface area contributed by atoms with Crippen LogP contribution in [0.2, 0.25) is 0 Å². The highest BCUT2D eigenvalue weighted by Gasteiger charge is 2.17. The zero-order chi connectivity index (χ0) is 19.9. The second-order valence-corrected chi connectivity index (χ2v) is 7.17. The summed E-state index contributed by atoms with van der Waals surface area (Å²) in [6.07, 6.45) is 4.77. The molecule has 2 N–H and O–H groups in total. The van der Waals surface area contributed by atoms with Crippen LogP contribution in [-0.2, 0) is 11.4 Å². The summed E-state index contributed by atoms with van der Waals surface area (Å²) in [6, 6.07) is 7.22. The van der Waals surface area contributed by atoms with Gasteiger partial charge in [-0.3, -0.25) is 9.59 Å². The van der Waals surface area contributed by atoms with Crippen molar-refractivity contribution in [3.05, 3.63) is 46.8 Å². The molecule has 2 aromatic rings. The molecule has 1 aromatic heterocycles. The lowest BCUT2D eigenvalue weighted by atomic mass is 10.2. The molecule has 3 rings (SSSR count). The number of carbonyl (C=O) groups is 2. The number of carbonyl (C=O) groups excluding carboxylic acids is 2. The van der Waals surface area contributed by atoms with Gasteiger partial charge in [-0.15, -0.1) is 0 Å². The molecule has 1 aliphatic carbocycles. The first-order valence-electron chi connectivity index (χ1n) is 9.75. The van der Waals surface area contributed by atoms with Crippen LogP contribution in [0.15, 0.2) is 28.8 Å². The minimum atomic E-state index is -0.203. The second-order valence-electron chi connectivity index (χ2n) is 7.17. The first kappa shape index (κ1) is 19.9. The molecule has 150 valence electrons. The number of nitrogens with zero attached hydrogens (tertiary/aromatic N) is 1. The highest BCUT2D eigenvalue weighted by atomic mass is 16.5. The Morgan fingerprint density at radius 2 is 1.89 bits per heavy atom. The molecule has 2 amide bonds. The Balaban J connectivity index is 1.41. The first-order valence-corrected chi connectivity index (χ1v) is 9.75. The van der Waals surface area contributed by atoms with Crippen LogP contribution in [0.4, 0.5) is 0 Å². The second kappa shape index (κ2) is 9.39. The van der Waals surface area contributed by atoms with Gasteiger partial charge in [0.05, 0.1) is 11.3 Å². The number of benzene rings is 1. The van der Waals surface area contributed by atoms with E-state index >= 15 is 0 Å². The Morgan fingerprint density at radius 3 is 2.54 bits per heavy atom. The average Bonchev–Trinajstić information content (AvgIpc) is 3.30. The summed E-state index contributed by atoms with van der Waals surface area (Å²) >= 11 is 0. The van der Waals surface area contributed by atoms with Crippen LogP contribution in [0, 0.1) is 13.8 Å². The van der Waals surface area contributed by atoms with E-state index in [1.54, 1.807) is 24.3 Å². The van der Waals surface area contributed by atoms with Gasteiger partial charge in [-0.05, 0) is 51.0 Å². The molecule has 0 bridgehead atoms. The molecular formula is C21H27N3O4. The SMILES string of the molecule is Cc1noc(C)c1COc1ccc(C(=O)NCCC(=O)NC2CCCC2)cc1. The van der Waals surface area contributed by atoms with Crippen molar-refractivity contribution in [3.63, 3.8) is 0 Å². The van der Waals surface area contributed by atoms with Crippen molar-refractivity contribution in [2.24, 2.45) is 0 Å². The normalized spacial score (nSPS) is 14.1. The van der Waals surface area contributed by atoms with Gasteiger partial charge in [-0.25, -0.2) is 0 Å². The summed E-state index contributed by atoms with van der Waals surface area (Å²) in [7, 11) is 0. The molecule has 7 heteroatoms. The smallest absolute Gasteiger partial charge is 0.251 e. The lowest BCUT2D eigenvalue weighted by Crippen LogP contribution is -2.35. The van der Waals surface area contributed by atoms with E-state index in [-0.39, 0.29) is 11.8 Å². The average molecular weight is 385 g/mol. The Bertz CT molecular complexity index is 788. The maximum absolute atomic E-state index is 12.2. The van der Waals surface area contributed by atoms with E-state index in [9.17, 15) is 9.59 Å². The van der Waals surface area contributed by atoms with Crippen molar-refractivity contribution in [2.45, 2.75) is 58.6 Å². The summed E-state index contributed by atoms with van der Waals surface area (Å²) in [5.74, 6) is 1.19. The molecule has 0 saturated heterocycles. The van der Waals surface area contributed by atoms with Gasteiger partial charge in [0.25, 0.3) is 5.91 Å². The van der Waals surface area contributed by atoms with Gasteiger partial charge in [0.1, 0.15) is 18.1 Å². The molecule has 1 aromatic carbocycles. The van der Waals surface area contributed by atoms with Gasteiger partial charge in [-0.2, -0.15) is 0 Å². The maximum atomic E-state index is 12.2. The summed E-state index contributed by atoms with van der Waals surface area (Å²) in [5.41, 5.74) is 2.27. The topological polar surface area (TPSA) is 93.5 Å². The standard InChI is InChI=1S/C21H27N3O4/c1-14-19(15(2)28-24-14)13-27-18-9-7-16(8-10-18)21(26)22-12-11-20(25)23-17-5-3-4-6-17/h7-10,17H,3-6,11-13H2,1-2H3,(H,22,26)(H,23,25). The molecule has 1 fully saturated rings. The van der Waals surface area contributed by atoms with Gasteiger partial charge in [-0.1, -0.05) is 18.0 Å². The molecule has 28 heavy (non-hydrogen) atoms. The van der Waals surface area contributed by atoms with E-state index in [1.165, 1.54) is 12.8 Å². The summed E-state index contributed by atoms with van der Waals surface area (Å²) in [6.45, 7) is 4.40. The predicted octanol–water partition coefficient (Wildman–Crippen LogP) is 3.05. The first-order chi connectivity index (χ1) is 13.5. The molecule has 1 saturated carbocycles. The molecule has 0 aliphatic heterocycles. The van der Waals surface area contributed by atoms with Crippen LogP contribution >= 0.6 is 0 Å². The molecule has 0 spiro atoms. The van der Waals surface area contributed by atoms with Crippen molar-refractivity contribution >= 4 is 11.8 Å². The highest BCUT2D eigenvalue weighted by Crippen LogP contribution is 2.18. The number of hydrogen-bond donors (Lipinski definition) is 2. The van der Waals surface area contributed by atoms with Gasteiger partial charge in [0, 0.05) is 24.6 Å². The molecule has 1 aliphatic rings. The third-order valence-electron chi connectivity index (χ3n) is 5.04. The Kier molecular flexibility index (Phi) is 6.68. The summed E-state index contributed by atoms with van der Waals surface area (Å²) < 4.78 is 10.9. The fraction of sp³-hybridized carbons (Fsp3) is 0.476. The number of aromatic nitrogens is 1. The van der Waals surface area contributed by atoms with Crippen LogP contribution in [-0.4, -0.2) is 29.6 Å². The quantitative estimate of drug-likeness (QED) is 0.728. The van der Waals surface area contributed by atoms with Crippen molar-refractivity contribution in [2.75, 3.05) is 6.54 Å². The fourth-order valence-corrected chi connectivity index (χ4v) is 3.33. The zero-order valence-corrected chi connectivity index (χ0v) is 16.4. The van der Waals surface area contributed by atoms with Crippen LogP contribution < -0.4 is 15.4 Å². The van der Waals surface area contributed by atoms with Crippen LogP contribution in [0.25, 0.3) is 0 Å². The van der Waals surface area contributed by atoms with Crippen molar-refractivity contribution in [3.8, 4) is 5.75 Å². The number of amides is 2. The van der Waals surface area contributed by atoms with E-state index in [4.69, 9.17) is 9.26 Å². The zero-order valence-electron chi connectivity index (χ0n) is 16.4. The number of ether oxygens (including phenoxy) is 1. The van der Waals surface area contributed by atoms with E-state index < -0.39 is 0 Å². The fourth-order valence-electron chi connectivity index (χ4n) is 3.33. The summed E-state index contributed by atoms with van der Waals surface area (Å²) in [5, 5.41) is 9.70. The number of aryl methyl sites for hydroxylation is 2. The van der Waals surface area contributed by atoms with Crippen LogP contribution in [0.3, 0.4) is 0 Å². The maximum Gasteiger partial charge on any atom is 0.251 e. The predicted molar refractivity (Wildman–Crippen MR) is 104 cm³/mol. The third-order valence-corrected chi connectivity index (χ3v) is 5.04. The van der Waals surface area contributed by atoms with Gasteiger partial charge in [0.15, 0.2) is 0 Å². The van der Waals surface area contributed by atoms with Crippen molar-refractivity contribution < 1.29 is 18.8 Å². The van der Waals surface area contributed by atoms with E-state index in [1.807, 2.05) is 13.8 Å². The molecule has 0 radical (unpaired) electrons. The van der Waals surface area contributed by atoms with E-state index in [0.29, 0.717) is 36.9 Å². The number of hydrogen-bond acceptors (Lipinski definition) is 5. The Hall–Kier alpha value is -2.83. The van der Waals surface area contributed by atoms with Gasteiger partial charge >= 0.3 is 0 Å². The molecule has 7 nitrogen and oxygen atoms in total. The van der Waals surface area contributed by atoms with Crippen molar-refractivity contribution in [1.29, 1.82) is 0 Å². The molecule has 0 unspecified atom stereocenters. The van der Waals surface area contributed by atoms with Gasteiger partial charge < -0.3 is 19.9 Å². The number of rotatable bonds is 8. The number of nitrogens with one attached hydrogen (secondary N) is 2. The minimum Gasteiger partial charge on any atom is -0.489 e. The third kappa shape index (κ3) is 5.34. The van der Waals surface area contributed by atoms with Crippen LogP contribution in [0.5, 0.6) is 5.75 Å². The molecule has 1 heterocycles. The van der Waals surface area contributed by atoms with E-state index in [0.717, 1.165) is 29.9 Å². The lowest BCUT2D eigenvalue weighted by molar-refractivity contribution is -0.121. The Morgan fingerprint density at radius 1 is 1.18 bits per heavy atom. The van der Waals surface area contributed by atoms with Crippen molar-refractivity contribution in [1.82, 2.24) is 15.8 Å². The Labute approximate surface area is 164 Å². The largest absolute Gasteiger partial charge is 0.489 e. The highest BCUT2D eigenvalue weighted by molar-refractivity contribution is 5.94. The monoisotopic (exact) mass is 385 g/mol. The molecule has 0 atom stereocenters. The van der Waals surface area contributed by atoms with Crippen LogP contribution in [0.1, 0.15) is 59.5 Å². The minimum absolute atomic E-state index is 0.00438. The van der Waals surface area contributed by atoms with E-state index in [2.05, 4.69) is 15.8 Å². The summed E-state index contributed by atoms with van der Waals surface area (Å²) in [4.78, 5) is 24.1.